The minimum absolute atomic E-state index is 0.222. The molecule has 1 heterocycles. The Morgan fingerprint density at radius 1 is 1.28 bits per heavy atom. The summed E-state index contributed by atoms with van der Waals surface area (Å²) in [6.07, 6.45) is 0. The number of hydrogen-bond donors (Lipinski definition) is 1. The molecule has 2 rings (SSSR count). The van der Waals surface area contributed by atoms with Crippen molar-refractivity contribution >= 4 is 17.5 Å². The maximum absolute atomic E-state index is 13.0. The molecule has 7 heteroatoms. The summed E-state index contributed by atoms with van der Waals surface area (Å²) in [6.45, 7) is 9.55. The SMILES string of the molecule is CCN(CC)CCNC(=O)c1c(C)nn(Cc2ccc(F)cc2)c1Cl. The first-order chi connectivity index (χ1) is 12.0. The molecule has 0 aliphatic carbocycles. The number of nitrogens with one attached hydrogen (secondary N) is 1. The maximum atomic E-state index is 13.0. The largest absolute Gasteiger partial charge is 0.351 e. The van der Waals surface area contributed by atoms with Gasteiger partial charge in [0.25, 0.3) is 5.91 Å². The van der Waals surface area contributed by atoms with E-state index in [1.165, 1.54) is 12.1 Å². The lowest BCUT2D eigenvalue weighted by Crippen LogP contribution is -2.35. The Morgan fingerprint density at radius 2 is 1.92 bits per heavy atom. The van der Waals surface area contributed by atoms with Gasteiger partial charge in [-0.3, -0.25) is 4.79 Å². The minimum Gasteiger partial charge on any atom is -0.351 e. The number of hydrogen-bond acceptors (Lipinski definition) is 3. The van der Waals surface area contributed by atoms with Crippen LogP contribution in [0.3, 0.4) is 0 Å². The van der Waals surface area contributed by atoms with Crippen molar-refractivity contribution in [2.75, 3.05) is 26.2 Å². The molecular formula is C18H24ClFN4O. The fraction of sp³-hybridized carbons (Fsp3) is 0.444. The molecule has 1 aromatic carbocycles. The first-order valence-electron chi connectivity index (χ1n) is 8.44. The summed E-state index contributed by atoms with van der Waals surface area (Å²) in [7, 11) is 0. The highest BCUT2D eigenvalue weighted by Crippen LogP contribution is 2.21. The second-order valence-electron chi connectivity index (χ2n) is 5.82. The third kappa shape index (κ3) is 5.03. The van der Waals surface area contributed by atoms with Crippen LogP contribution in [0.1, 0.15) is 35.5 Å². The van der Waals surface area contributed by atoms with Crippen LogP contribution in [0.5, 0.6) is 0 Å². The fourth-order valence-electron chi connectivity index (χ4n) is 2.63. The number of aryl methyl sites for hydroxylation is 1. The first-order valence-corrected chi connectivity index (χ1v) is 8.81. The Labute approximate surface area is 152 Å². The summed E-state index contributed by atoms with van der Waals surface area (Å²) in [5.41, 5.74) is 1.83. The third-order valence-corrected chi connectivity index (χ3v) is 4.53. The Kier molecular flexibility index (Phi) is 6.96. The van der Waals surface area contributed by atoms with Gasteiger partial charge in [0.15, 0.2) is 0 Å². The molecule has 0 saturated carbocycles. The molecule has 0 aliphatic heterocycles. The highest BCUT2D eigenvalue weighted by atomic mass is 35.5. The molecule has 0 radical (unpaired) electrons. The average Bonchev–Trinajstić information content (AvgIpc) is 2.87. The molecule has 0 bridgehead atoms. The summed E-state index contributed by atoms with van der Waals surface area (Å²) in [4.78, 5) is 14.7. The van der Waals surface area contributed by atoms with Gasteiger partial charge in [0, 0.05) is 13.1 Å². The van der Waals surface area contributed by atoms with Gasteiger partial charge in [-0.25, -0.2) is 9.07 Å². The summed E-state index contributed by atoms with van der Waals surface area (Å²) >= 11 is 6.36. The highest BCUT2D eigenvalue weighted by Gasteiger charge is 2.20. The van der Waals surface area contributed by atoms with E-state index in [9.17, 15) is 9.18 Å². The van der Waals surface area contributed by atoms with Crippen LogP contribution in [0.2, 0.25) is 5.15 Å². The number of amides is 1. The molecule has 1 amide bonds. The molecule has 0 fully saturated rings. The molecule has 1 aromatic heterocycles. The maximum Gasteiger partial charge on any atom is 0.256 e. The number of benzene rings is 1. The molecule has 0 atom stereocenters. The van der Waals surface area contributed by atoms with E-state index in [0.717, 1.165) is 25.2 Å². The summed E-state index contributed by atoms with van der Waals surface area (Å²) < 4.78 is 14.6. The second kappa shape index (κ2) is 8.97. The predicted molar refractivity (Wildman–Crippen MR) is 97.6 cm³/mol. The fourth-order valence-corrected chi connectivity index (χ4v) is 2.95. The number of carbonyl (C=O) groups excluding carboxylic acids is 1. The van der Waals surface area contributed by atoms with Gasteiger partial charge >= 0.3 is 0 Å². The standard InChI is InChI=1S/C18H24ClFN4O/c1-4-23(5-2)11-10-21-18(25)16-13(3)22-24(17(16)19)12-14-6-8-15(20)9-7-14/h6-9H,4-5,10-12H2,1-3H3,(H,21,25). The van der Waals surface area contributed by atoms with Gasteiger partial charge in [-0.15, -0.1) is 0 Å². The van der Waals surface area contributed by atoms with Gasteiger partial charge in [-0.05, 0) is 37.7 Å². The molecule has 1 N–H and O–H groups in total. The van der Waals surface area contributed by atoms with Gasteiger partial charge in [-0.1, -0.05) is 37.6 Å². The van der Waals surface area contributed by atoms with Crippen LogP contribution in [-0.4, -0.2) is 46.8 Å². The number of rotatable bonds is 8. The van der Waals surface area contributed by atoms with Crippen LogP contribution in [0, 0.1) is 12.7 Å². The van der Waals surface area contributed by atoms with Crippen molar-refractivity contribution in [2.45, 2.75) is 27.3 Å². The third-order valence-electron chi connectivity index (χ3n) is 4.15. The number of nitrogens with zero attached hydrogens (tertiary/aromatic N) is 3. The topological polar surface area (TPSA) is 50.2 Å². The monoisotopic (exact) mass is 366 g/mol. The van der Waals surface area contributed by atoms with E-state index < -0.39 is 0 Å². The normalized spacial score (nSPS) is 11.1. The van der Waals surface area contributed by atoms with E-state index in [0.29, 0.717) is 29.5 Å². The van der Waals surface area contributed by atoms with Crippen molar-refractivity contribution in [2.24, 2.45) is 0 Å². The zero-order valence-corrected chi connectivity index (χ0v) is 15.6. The summed E-state index contributed by atoms with van der Waals surface area (Å²) in [5, 5.41) is 7.53. The van der Waals surface area contributed by atoms with E-state index in [1.54, 1.807) is 23.7 Å². The van der Waals surface area contributed by atoms with Gasteiger partial charge in [0.05, 0.1) is 17.8 Å². The van der Waals surface area contributed by atoms with Crippen molar-refractivity contribution in [3.8, 4) is 0 Å². The van der Waals surface area contributed by atoms with Gasteiger partial charge in [-0.2, -0.15) is 5.10 Å². The van der Waals surface area contributed by atoms with Crippen molar-refractivity contribution in [1.29, 1.82) is 0 Å². The number of carbonyl (C=O) groups is 1. The lowest BCUT2D eigenvalue weighted by molar-refractivity contribution is 0.0948. The molecular weight excluding hydrogens is 343 g/mol. The lowest BCUT2D eigenvalue weighted by Gasteiger charge is -2.17. The van der Waals surface area contributed by atoms with E-state index >= 15 is 0 Å². The van der Waals surface area contributed by atoms with Crippen molar-refractivity contribution < 1.29 is 9.18 Å². The molecule has 0 saturated heterocycles. The number of likely N-dealkylation sites (N-methyl/N-ethyl adjacent to an activating group) is 1. The minimum atomic E-state index is -0.292. The summed E-state index contributed by atoms with van der Waals surface area (Å²) in [6, 6.07) is 6.12. The van der Waals surface area contributed by atoms with E-state index in [2.05, 4.69) is 29.2 Å². The zero-order valence-electron chi connectivity index (χ0n) is 14.9. The Bertz CT molecular complexity index is 711. The molecule has 0 aliphatic rings. The van der Waals surface area contributed by atoms with Crippen molar-refractivity contribution in [3.05, 3.63) is 52.1 Å². The van der Waals surface area contributed by atoms with Crippen LogP contribution in [0.25, 0.3) is 0 Å². The Hall–Kier alpha value is -1.92. The van der Waals surface area contributed by atoms with E-state index in [1.807, 2.05) is 0 Å². The van der Waals surface area contributed by atoms with E-state index in [-0.39, 0.29) is 11.7 Å². The number of aromatic nitrogens is 2. The van der Waals surface area contributed by atoms with Crippen molar-refractivity contribution in [1.82, 2.24) is 20.0 Å². The Balaban J connectivity index is 2.05. The average molecular weight is 367 g/mol. The smallest absolute Gasteiger partial charge is 0.256 e. The molecule has 136 valence electrons. The first kappa shape index (κ1) is 19.4. The van der Waals surface area contributed by atoms with Gasteiger partial charge in [0.1, 0.15) is 11.0 Å². The van der Waals surface area contributed by atoms with Crippen LogP contribution >= 0.6 is 11.6 Å². The second-order valence-corrected chi connectivity index (χ2v) is 6.18. The quantitative estimate of drug-likeness (QED) is 0.781. The van der Waals surface area contributed by atoms with Gasteiger partial charge in [0.2, 0.25) is 0 Å². The molecule has 2 aromatic rings. The molecule has 0 unspecified atom stereocenters. The van der Waals surface area contributed by atoms with Crippen LogP contribution in [-0.2, 0) is 6.54 Å². The van der Waals surface area contributed by atoms with Crippen LogP contribution < -0.4 is 5.32 Å². The Morgan fingerprint density at radius 3 is 2.52 bits per heavy atom. The van der Waals surface area contributed by atoms with Crippen molar-refractivity contribution in [3.63, 3.8) is 0 Å². The molecule has 25 heavy (non-hydrogen) atoms. The lowest BCUT2D eigenvalue weighted by atomic mass is 10.2. The van der Waals surface area contributed by atoms with Crippen LogP contribution in [0.15, 0.2) is 24.3 Å². The molecule has 0 spiro atoms. The number of halogens is 2. The summed E-state index contributed by atoms with van der Waals surface area (Å²) in [5.74, 6) is -0.514. The predicted octanol–water partition coefficient (Wildman–Crippen LogP) is 3.10. The highest BCUT2D eigenvalue weighted by molar-refractivity contribution is 6.33. The zero-order chi connectivity index (χ0) is 18.4. The molecule has 5 nitrogen and oxygen atoms in total. The van der Waals surface area contributed by atoms with Gasteiger partial charge < -0.3 is 10.2 Å². The van der Waals surface area contributed by atoms with E-state index in [4.69, 9.17) is 11.6 Å². The van der Waals surface area contributed by atoms with Crippen LogP contribution in [0.4, 0.5) is 4.39 Å².